The van der Waals surface area contributed by atoms with Gasteiger partial charge in [-0.3, -0.25) is 0 Å². The van der Waals surface area contributed by atoms with Crippen molar-refractivity contribution in [3.63, 3.8) is 0 Å². The molecule has 118 valence electrons. The molecule has 21 heavy (non-hydrogen) atoms. The molecule has 0 saturated carbocycles. The first kappa shape index (κ1) is 16.5. The van der Waals surface area contributed by atoms with Gasteiger partial charge in [-0.1, -0.05) is 51.1 Å². The van der Waals surface area contributed by atoms with E-state index in [0.29, 0.717) is 6.04 Å². The number of hydrogen-bond acceptors (Lipinski definition) is 2. The molecule has 1 N–H and O–H groups in total. The lowest BCUT2D eigenvalue weighted by Crippen LogP contribution is -2.40. The normalized spacial score (nSPS) is 19.0. The monoisotopic (exact) mass is 288 g/mol. The summed E-state index contributed by atoms with van der Waals surface area (Å²) in [6.07, 6.45) is 3.98. The van der Waals surface area contributed by atoms with E-state index >= 15 is 0 Å². The van der Waals surface area contributed by atoms with Gasteiger partial charge in [0.25, 0.3) is 0 Å². The lowest BCUT2D eigenvalue weighted by Gasteiger charge is -2.33. The fourth-order valence-corrected chi connectivity index (χ4v) is 3.26. The molecule has 2 rings (SSSR count). The van der Waals surface area contributed by atoms with Crippen LogP contribution in [0, 0.1) is 11.8 Å². The molecule has 0 radical (unpaired) electrons. The molecular weight excluding hydrogens is 256 g/mol. The fourth-order valence-electron chi connectivity index (χ4n) is 3.26. The van der Waals surface area contributed by atoms with E-state index in [-0.39, 0.29) is 0 Å². The summed E-state index contributed by atoms with van der Waals surface area (Å²) < 4.78 is 0. The first-order valence-electron chi connectivity index (χ1n) is 8.63. The zero-order valence-electron chi connectivity index (χ0n) is 14.0. The smallest absolute Gasteiger partial charge is 0.00191 e. The SMILES string of the molecule is CC(CNC(C)C)CN1CCC(Cc2ccccc2)CC1. The van der Waals surface area contributed by atoms with Crippen molar-refractivity contribution in [2.75, 3.05) is 26.2 Å². The first-order chi connectivity index (χ1) is 10.1. The van der Waals surface area contributed by atoms with Gasteiger partial charge in [-0.2, -0.15) is 0 Å². The molecule has 2 nitrogen and oxygen atoms in total. The van der Waals surface area contributed by atoms with Crippen molar-refractivity contribution in [3.8, 4) is 0 Å². The van der Waals surface area contributed by atoms with E-state index < -0.39 is 0 Å². The Kier molecular flexibility index (Phi) is 6.72. The maximum Gasteiger partial charge on any atom is 0.00191 e. The lowest BCUT2D eigenvalue weighted by molar-refractivity contribution is 0.162. The Morgan fingerprint density at radius 2 is 1.76 bits per heavy atom. The highest BCUT2D eigenvalue weighted by atomic mass is 15.1. The highest BCUT2D eigenvalue weighted by Crippen LogP contribution is 2.22. The predicted octanol–water partition coefficient (Wildman–Crippen LogP) is 3.58. The van der Waals surface area contributed by atoms with Crippen molar-refractivity contribution >= 4 is 0 Å². The Morgan fingerprint density at radius 3 is 2.38 bits per heavy atom. The number of benzene rings is 1. The van der Waals surface area contributed by atoms with E-state index in [1.165, 1.54) is 44.5 Å². The van der Waals surface area contributed by atoms with E-state index in [0.717, 1.165) is 18.4 Å². The van der Waals surface area contributed by atoms with Gasteiger partial charge in [-0.15, -0.1) is 0 Å². The zero-order valence-corrected chi connectivity index (χ0v) is 14.0. The summed E-state index contributed by atoms with van der Waals surface area (Å²) in [7, 11) is 0. The van der Waals surface area contributed by atoms with Crippen LogP contribution in [0.5, 0.6) is 0 Å². The van der Waals surface area contributed by atoms with Gasteiger partial charge in [0.2, 0.25) is 0 Å². The number of piperidine rings is 1. The standard InChI is InChI=1S/C19H32N2/c1-16(2)20-14-17(3)15-21-11-9-19(10-12-21)13-18-7-5-4-6-8-18/h4-8,16-17,19-20H,9-15H2,1-3H3. The summed E-state index contributed by atoms with van der Waals surface area (Å²) >= 11 is 0. The molecule has 1 aromatic carbocycles. The Morgan fingerprint density at radius 1 is 1.10 bits per heavy atom. The molecule has 1 atom stereocenters. The van der Waals surface area contributed by atoms with Gasteiger partial charge < -0.3 is 10.2 Å². The van der Waals surface area contributed by atoms with Crippen molar-refractivity contribution < 1.29 is 0 Å². The molecule has 1 fully saturated rings. The molecule has 0 spiro atoms. The molecule has 1 unspecified atom stereocenters. The number of rotatable bonds is 7. The molecular formula is C19H32N2. The van der Waals surface area contributed by atoms with E-state index in [1.807, 2.05) is 0 Å². The summed E-state index contributed by atoms with van der Waals surface area (Å²) in [4.78, 5) is 2.66. The van der Waals surface area contributed by atoms with Gasteiger partial charge in [-0.25, -0.2) is 0 Å². The van der Waals surface area contributed by atoms with E-state index in [4.69, 9.17) is 0 Å². The van der Waals surface area contributed by atoms with Crippen LogP contribution in [0.4, 0.5) is 0 Å². The zero-order chi connectivity index (χ0) is 15.1. The third-order valence-electron chi connectivity index (χ3n) is 4.52. The average Bonchev–Trinajstić information content (AvgIpc) is 2.48. The first-order valence-corrected chi connectivity index (χ1v) is 8.63. The molecule has 1 heterocycles. The van der Waals surface area contributed by atoms with Crippen molar-refractivity contribution in [2.24, 2.45) is 11.8 Å². The van der Waals surface area contributed by atoms with Gasteiger partial charge in [0.1, 0.15) is 0 Å². The molecule has 1 aliphatic heterocycles. The fraction of sp³-hybridized carbons (Fsp3) is 0.684. The van der Waals surface area contributed by atoms with Crippen LogP contribution in [-0.4, -0.2) is 37.1 Å². The van der Waals surface area contributed by atoms with Crippen LogP contribution in [0.3, 0.4) is 0 Å². The van der Waals surface area contributed by atoms with E-state index in [9.17, 15) is 0 Å². The van der Waals surface area contributed by atoms with Crippen LogP contribution in [0.25, 0.3) is 0 Å². The van der Waals surface area contributed by atoms with Crippen molar-refractivity contribution in [2.45, 2.75) is 46.1 Å². The number of hydrogen-bond donors (Lipinski definition) is 1. The Balaban J connectivity index is 1.66. The second kappa shape index (κ2) is 8.55. The summed E-state index contributed by atoms with van der Waals surface area (Å²) in [6, 6.07) is 11.6. The Bertz CT molecular complexity index is 380. The van der Waals surface area contributed by atoms with Crippen LogP contribution >= 0.6 is 0 Å². The number of nitrogens with zero attached hydrogens (tertiary/aromatic N) is 1. The maximum absolute atomic E-state index is 3.55. The predicted molar refractivity (Wildman–Crippen MR) is 91.6 cm³/mol. The van der Waals surface area contributed by atoms with Gasteiger partial charge in [0, 0.05) is 12.6 Å². The molecule has 1 aliphatic rings. The summed E-state index contributed by atoms with van der Waals surface area (Å²) in [6.45, 7) is 11.8. The third-order valence-corrected chi connectivity index (χ3v) is 4.52. The van der Waals surface area contributed by atoms with Crippen LogP contribution in [0.2, 0.25) is 0 Å². The van der Waals surface area contributed by atoms with Gasteiger partial charge in [0.05, 0.1) is 0 Å². The van der Waals surface area contributed by atoms with Crippen molar-refractivity contribution in [1.82, 2.24) is 10.2 Å². The molecule has 0 aliphatic carbocycles. The highest BCUT2D eigenvalue weighted by molar-refractivity contribution is 5.15. The van der Waals surface area contributed by atoms with Crippen molar-refractivity contribution in [3.05, 3.63) is 35.9 Å². The molecule has 0 aromatic heterocycles. The van der Waals surface area contributed by atoms with Crippen LogP contribution < -0.4 is 5.32 Å². The van der Waals surface area contributed by atoms with Crippen molar-refractivity contribution in [1.29, 1.82) is 0 Å². The minimum atomic E-state index is 0.601. The van der Waals surface area contributed by atoms with Gasteiger partial charge in [-0.05, 0) is 56.3 Å². The maximum atomic E-state index is 3.55. The topological polar surface area (TPSA) is 15.3 Å². The molecule has 2 heteroatoms. The number of likely N-dealkylation sites (tertiary alicyclic amines) is 1. The van der Waals surface area contributed by atoms with Gasteiger partial charge in [0.15, 0.2) is 0 Å². The lowest BCUT2D eigenvalue weighted by atomic mass is 9.90. The minimum Gasteiger partial charge on any atom is -0.314 e. The Labute approximate surface area is 130 Å². The van der Waals surface area contributed by atoms with E-state index in [1.54, 1.807) is 0 Å². The molecule has 1 saturated heterocycles. The third kappa shape index (κ3) is 6.19. The van der Waals surface area contributed by atoms with E-state index in [2.05, 4.69) is 61.3 Å². The summed E-state index contributed by atoms with van der Waals surface area (Å²) in [5.41, 5.74) is 1.51. The molecule has 0 amide bonds. The highest BCUT2D eigenvalue weighted by Gasteiger charge is 2.20. The quantitative estimate of drug-likeness (QED) is 0.825. The van der Waals surface area contributed by atoms with Crippen LogP contribution in [0.1, 0.15) is 39.2 Å². The Hall–Kier alpha value is -0.860. The van der Waals surface area contributed by atoms with Gasteiger partial charge >= 0.3 is 0 Å². The molecule has 1 aromatic rings. The largest absolute Gasteiger partial charge is 0.314 e. The van der Waals surface area contributed by atoms with Crippen LogP contribution in [0.15, 0.2) is 30.3 Å². The summed E-state index contributed by atoms with van der Waals surface area (Å²) in [5.74, 6) is 1.63. The second-order valence-corrected chi connectivity index (χ2v) is 7.10. The number of nitrogens with one attached hydrogen (secondary N) is 1. The summed E-state index contributed by atoms with van der Waals surface area (Å²) in [5, 5.41) is 3.55. The average molecular weight is 288 g/mol. The van der Waals surface area contributed by atoms with Crippen LogP contribution in [-0.2, 0) is 6.42 Å². The minimum absolute atomic E-state index is 0.601. The second-order valence-electron chi connectivity index (χ2n) is 7.10. The molecule has 0 bridgehead atoms.